The summed E-state index contributed by atoms with van der Waals surface area (Å²) >= 11 is 0. The smallest absolute Gasteiger partial charge is 0.300 e. The lowest BCUT2D eigenvalue weighted by molar-refractivity contribution is 0.567. The maximum Gasteiger partial charge on any atom is 0.328 e. The van der Waals surface area contributed by atoms with Gasteiger partial charge in [-0.15, -0.1) is 0 Å². The van der Waals surface area contributed by atoms with E-state index in [2.05, 4.69) is 0 Å². The van der Waals surface area contributed by atoms with Crippen LogP contribution < -0.4 is 5.69 Å². The lowest BCUT2D eigenvalue weighted by Crippen LogP contribution is -2.23. The molecule has 0 aromatic carbocycles. The van der Waals surface area contributed by atoms with Gasteiger partial charge in [-0.1, -0.05) is 0 Å². The summed E-state index contributed by atoms with van der Waals surface area (Å²) in [5, 5.41) is 0. The molecule has 0 bridgehead atoms. The number of aryl methyl sites for hydroxylation is 1. The van der Waals surface area contributed by atoms with Crippen molar-refractivity contribution >= 4 is 0 Å². The fourth-order valence-electron chi connectivity index (χ4n) is 1.04. The van der Waals surface area contributed by atoms with Gasteiger partial charge in [-0.25, -0.2) is 4.79 Å². The third-order valence-corrected chi connectivity index (χ3v) is 1.92. The lowest BCUT2D eigenvalue weighted by Gasteiger charge is -2.02. The van der Waals surface area contributed by atoms with E-state index in [1.165, 1.54) is 0 Å². The van der Waals surface area contributed by atoms with Gasteiger partial charge in [-0.2, -0.15) is 0 Å². The summed E-state index contributed by atoms with van der Waals surface area (Å²) in [6, 6.07) is 0.252. The van der Waals surface area contributed by atoms with Crippen LogP contribution in [0.4, 0.5) is 0 Å². The highest BCUT2D eigenvalue weighted by Crippen LogP contribution is 2.01. The largest absolute Gasteiger partial charge is 0.328 e. The molecule has 3 heteroatoms. The molecule has 0 spiro atoms. The SMILES string of the molecule is Cc1cn(C(C)C)c(=O)n1C. The van der Waals surface area contributed by atoms with E-state index in [4.69, 9.17) is 0 Å². The summed E-state index contributed by atoms with van der Waals surface area (Å²) in [5.41, 5.74) is 1.07. The molecule has 3 nitrogen and oxygen atoms in total. The fourth-order valence-corrected chi connectivity index (χ4v) is 1.04. The maximum atomic E-state index is 11.4. The minimum Gasteiger partial charge on any atom is -0.300 e. The highest BCUT2D eigenvalue weighted by atomic mass is 16.1. The van der Waals surface area contributed by atoms with Crippen molar-refractivity contribution in [2.45, 2.75) is 26.8 Å². The Hall–Kier alpha value is -0.990. The zero-order valence-electron chi connectivity index (χ0n) is 7.46. The molecular formula is C8H14N2O. The molecule has 0 amide bonds. The van der Waals surface area contributed by atoms with Crippen LogP contribution in [0.5, 0.6) is 0 Å². The Morgan fingerprint density at radius 1 is 1.45 bits per heavy atom. The molecule has 0 aliphatic carbocycles. The summed E-state index contributed by atoms with van der Waals surface area (Å²) in [6.07, 6.45) is 1.88. The third-order valence-electron chi connectivity index (χ3n) is 1.92. The third kappa shape index (κ3) is 1.23. The molecule has 0 aliphatic heterocycles. The minimum absolute atomic E-state index is 0.0671. The number of hydrogen-bond donors (Lipinski definition) is 0. The molecule has 1 aromatic rings. The normalized spacial score (nSPS) is 11.0. The summed E-state index contributed by atoms with van der Waals surface area (Å²) in [7, 11) is 1.79. The van der Waals surface area contributed by atoms with Crippen LogP contribution in [0.2, 0.25) is 0 Å². The van der Waals surface area contributed by atoms with Crippen LogP contribution in [0, 0.1) is 6.92 Å². The molecule has 11 heavy (non-hydrogen) atoms. The Morgan fingerprint density at radius 3 is 2.18 bits per heavy atom. The molecule has 0 saturated carbocycles. The Bertz CT molecular complexity index is 306. The molecule has 0 atom stereocenters. The van der Waals surface area contributed by atoms with Crippen molar-refractivity contribution < 1.29 is 0 Å². The van der Waals surface area contributed by atoms with E-state index >= 15 is 0 Å². The van der Waals surface area contributed by atoms with Crippen molar-refractivity contribution in [1.82, 2.24) is 9.13 Å². The molecule has 0 N–H and O–H groups in total. The van der Waals surface area contributed by atoms with E-state index < -0.39 is 0 Å². The van der Waals surface area contributed by atoms with Crippen LogP contribution in [0.1, 0.15) is 25.6 Å². The minimum atomic E-state index is 0.0671. The van der Waals surface area contributed by atoms with E-state index in [1.54, 1.807) is 16.2 Å². The van der Waals surface area contributed by atoms with Crippen molar-refractivity contribution in [2.24, 2.45) is 7.05 Å². The van der Waals surface area contributed by atoms with Crippen molar-refractivity contribution in [1.29, 1.82) is 0 Å². The Balaban J connectivity index is 3.30. The molecular weight excluding hydrogens is 140 g/mol. The second-order valence-corrected chi connectivity index (χ2v) is 3.11. The number of imidazole rings is 1. The van der Waals surface area contributed by atoms with Gasteiger partial charge in [0.05, 0.1) is 0 Å². The zero-order valence-corrected chi connectivity index (χ0v) is 7.46. The van der Waals surface area contributed by atoms with Gasteiger partial charge in [0.2, 0.25) is 0 Å². The van der Waals surface area contributed by atoms with Crippen LogP contribution in [0.15, 0.2) is 11.0 Å². The Kier molecular flexibility index (Phi) is 1.89. The fraction of sp³-hybridized carbons (Fsp3) is 0.625. The molecule has 1 rings (SSSR count). The van der Waals surface area contributed by atoms with Gasteiger partial charge >= 0.3 is 5.69 Å². The number of rotatable bonds is 1. The van der Waals surface area contributed by atoms with Crippen LogP contribution >= 0.6 is 0 Å². The van der Waals surface area contributed by atoms with E-state index in [9.17, 15) is 4.79 Å². The summed E-state index contributed by atoms with van der Waals surface area (Å²) < 4.78 is 3.38. The highest BCUT2D eigenvalue weighted by Gasteiger charge is 2.05. The van der Waals surface area contributed by atoms with E-state index in [0.717, 1.165) is 5.69 Å². The molecule has 1 heterocycles. The predicted molar refractivity (Wildman–Crippen MR) is 44.8 cm³/mol. The Labute approximate surface area is 66.3 Å². The number of nitrogens with zero attached hydrogens (tertiary/aromatic N) is 2. The van der Waals surface area contributed by atoms with E-state index in [-0.39, 0.29) is 11.7 Å². The average Bonchev–Trinajstić information content (AvgIpc) is 2.17. The topological polar surface area (TPSA) is 26.9 Å². The van der Waals surface area contributed by atoms with Gasteiger partial charge in [0, 0.05) is 25.0 Å². The first kappa shape index (κ1) is 8.11. The molecule has 1 aromatic heterocycles. The van der Waals surface area contributed by atoms with Gasteiger partial charge < -0.3 is 0 Å². The van der Waals surface area contributed by atoms with Crippen molar-refractivity contribution in [3.05, 3.63) is 22.4 Å². The molecule has 0 saturated heterocycles. The second-order valence-electron chi connectivity index (χ2n) is 3.11. The van der Waals surface area contributed by atoms with Gasteiger partial charge in [0.15, 0.2) is 0 Å². The molecule has 62 valence electrons. The quantitative estimate of drug-likeness (QED) is 0.594. The van der Waals surface area contributed by atoms with E-state index in [0.29, 0.717) is 0 Å². The monoisotopic (exact) mass is 154 g/mol. The molecule has 0 radical (unpaired) electrons. The van der Waals surface area contributed by atoms with Crippen molar-refractivity contribution in [3.8, 4) is 0 Å². The van der Waals surface area contributed by atoms with Crippen molar-refractivity contribution in [3.63, 3.8) is 0 Å². The summed E-state index contributed by atoms with van der Waals surface area (Å²) in [6.45, 7) is 5.93. The maximum absolute atomic E-state index is 11.4. The number of aromatic nitrogens is 2. The van der Waals surface area contributed by atoms with E-state index in [1.807, 2.05) is 27.0 Å². The van der Waals surface area contributed by atoms with Crippen LogP contribution in [0.3, 0.4) is 0 Å². The van der Waals surface area contributed by atoms with Gasteiger partial charge in [0.1, 0.15) is 0 Å². The first-order valence-electron chi connectivity index (χ1n) is 3.78. The average molecular weight is 154 g/mol. The zero-order chi connectivity index (χ0) is 8.59. The first-order chi connectivity index (χ1) is 5.04. The first-order valence-corrected chi connectivity index (χ1v) is 3.78. The van der Waals surface area contributed by atoms with Crippen molar-refractivity contribution in [2.75, 3.05) is 0 Å². The number of hydrogen-bond acceptors (Lipinski definition) is 1. The van der Waals surface area contributed by atoms with Crippen LogP contribution in [0.25, 0.3) is 0 Å². The lowest BCUT2D eigenvalue weighted by atomic mass is 10.4. The summed E-state index contributed by atoms with van der Waals surface area (Å²) in [5.74, 6) is 0. The van der Waals surface area contributed by atoms with Gasteiger partial charge in [0.25, 0.3) is 0 Å². The molecule has 0 aliphatic rings. The van der Waals surface area contributed by atoms with Gasteiger partial charge in [-0.3, -0.25) is 9.13 Å². The van der Waals surface area contributed by atoms with Gasteiger partial charge in [-0.05, 0) is 20.8 Å². The highest BCUT2D eigenvalue weighted by molar-refractivity contribution is 4.97. The molecule has 0 fully saturated rings. The predicted octanol–water partition coefficient (Wildman–Crippen LogP) is 1.08. The summed E-state index contributed by atoms with van der Waals surface area (Å²) in [4.78, 5) is 11.4. The standard InChI is InChI=1S/C8H14N2O/c1-6(2)10-5-7(3)9(4)8(10)11/h5-6H,1-4H3. The van der Waals surface area contributed by atoms with Crippen LogP contribution in [-0.2, 0) is 7.05 Å². The second kappa shape index (κ2) is 2.57. The Morgan fingerprint density at radius 2 is 2.00 bits per heavy atom. The van der Waals surface area contributed by atoms with Crippen LogP contribution in [-0.4, -0.2) is 9.13 Å². The molecule has 0 unspecified atom stereocenters.